The number of nitrogens with two attached hydrogens (primary N) is 1. The van der Waals surface area contributed by atoms with Crippen molar-refractivity contribution in [1.29, 1.82) is 0 Å². The summed E-state index contributed by atoms with van der Waals surface area (Å²) in [5, 5.41) is 5.72. The van der Waals surface area contributed by atoms with Crippen molar-refractivity contribution in [2.75, 3.05) is 52.1 Å². The van der Waals surface area contributed by atoms with E-state index in [0.717, 1.165) is 40.7 Å². The molecule has 4 rings (SSSR count). The Bertz CT molecular complexity index is 1040. The predicted octanol–water partition coefficient (Wildman–Crippen LogP) is 4.64. The number of thioether (sulfide) groups is 2. The number of benzene rings is 2. The minimum Gasteiger partial charge on any atom is -0.383 e. The molecule has 0 atom stereocenters. The Morgan fingerprint density at radius 1 is 1.03 bits per heavy atom. The Hall–Kier alpha value is -2.91. The molecule has 9 heteroatoms. The van der Waals surface area contributed by atoms with Gasteiger partial charge in [0.25, 0.3) is 0 Å². The van der Waals surface area contributed by atoms with E-state index < -0.39 is 0 Å². The molecule has 3 aromatic rings. The quantitative estimate of drug-likeness (QED) is 0.485. The van der Waals surface area contributed by atoms with Crippen molar-refractivity contribution < 1.29 is 4.79 Å². The Kier molecular flexibility index (Phi) is 6.83. The van der Waals surface area contributed by atoms with Crippen molar-refractivity contribution in [3.05, 3.63) is 54.7 Å². The molecule has 1 aliphatic heterocycles. The molecule has 31 heavy (non-hydrogen) atoms. The molecule has 2 aromatic carbocycles. The van der Waals surface area contributed by atoms with Crippen molar-refractivity contribution in [2.45, 2.75) is 4.90 Å². The molecule has 0 spiro atoms. The fraction of sp³-hybridized carbons (Fsp3) is 0.227. The summed E-state index contributed by atoms with van der Waals surface area (Å²) in [6, 6.07) is 15.0. The molecule has 2 heterocycles. The number of aromatic nitrogens is 2. The van der Waals surface area contributed by atoms with Crippen molar-refractivity contribution in [2.24, 2.45) is 0 Å². The third kappa shape index (κ3) is 5.42. The van der Waals surface area contributed by atoms with Crippen LogP contribution >= 0.6 is 23.5 Å². The van der Waals surface area contributed by atoms with Crippen LogP contribution in [0.4, 0.5) is 27.7 Å². The minimum absolute atomic E-state index is 0.292. The Morgan fingerprint density at radius 2 is 1.65 bits per heavy atom. The molecule has 1 aliphatic rings. The number of anilines is 4. The summed E-state index contributed by atoms with van der Waals surface area (Å²) in [6.45, 7) is 2.13. The number of hydrogen-bond donors (Lipinski definition) is 3. The molecule has 7 nitrogen and oxygen atoms in total. The highest BCUT2D eigenvalue weighted by atomic mass is 32.2. The maximum absolute atomic E-state index is 12.4. The van der Waals surface area contributed by atoms with Gasteiger partial charge in [-0.15, -0.1) is 11.8 Å². The van der Waals surface area contributed by atoms with E-state index in [1.165, 1.54) is 17.4 Å². The third-order valence-corrected chi connectivity index (χ3v) is 6.60. The first-order chi connectivity index (χ1) is 15.1. The SMILES string of the molecule is CSc1cnc(-c2ccc(NC(=O)Nc3ccc(N4CCSCC4)cc3)cc2)nc1N. The van der Waals surface area contributed by atoms with Crippen LogP contribution in [0, 0.1) is 0 Å². The average Bonchev–Trinajstić information content (AvgIpc) is 2.80. The van der Waals surface area contributed by atoms with Gasteiger partial charge < -0.3 is 21.3 Å². The molecule has 2 amide bonds. The zero-order chi connectivity index (χ0) is 21.6. The summed E-state index contributed by atoms with van der Waals surface area (Å²) in [6.07, 6.45) is 3.65. The summed E-state index contributed by atoms with van der Waals surface area (Å²) in [5.41, 5.74) is 9.40. The van der Waals surface area contributed by atoms with Gasteiger partial charge in [0.1, 0.15) is 5.82 Å². The van der Waals surface area contributed by atoms with Crippen LogP contribution in [0.25, 0.3) is 11.4 Å². The van der Waals surface area contributed by atoms with Crippen LogP contribution in [-0.4, -0.2) is 46.9 Å². The molecule has 0 saturated carbocycles. The first-order valence-corrected chi connectivity index (χ1v) is 12.3. The number of carbonyl (C=O) groups excluding carboxylic acids is 1. The molecular weight excluding hydrogens is 428 g/mol. The smallest absolute Gasteiger partial charge is 0.323 e. The maximum atomic E-state index is 12.4. The van der Waals surface area contributed by atoms with Gasteiger partial charge in [0, 0.05) is 53.4 Å². The number of nitrogens with one attached hydrogen (secondary N) is 2. The highest BCUT2D eigenvalue weighted by molar-refractivity contribution is 7.99. The second-order valence-electron chi connectivity index (χ2n) is 6.95. The average molecular weight is 453 g/mol. The summed E-state index contributed by atoms with van der Waals surface area (Å²) >= 11 is 3.50. The lowest BCUT2D eigenvalue weighted by atomic mass is 10.2. The number of rotatable bonds is 5. The Balaban J connectivity index is 1.35. The van der Waals surface area contributed by atoms with Crippen LogP contribution in [0.3, 0.4) is 0 Å². The van der Waals surface area contributed by atoms with Gasteiger partial charge >= 0.3 is 6.03 Å². The van der Waals surface area contributed by atoms with Gasteiger partial charge in [0.05, 0.1) is 4.90 Å². The summed E-state index contributed by atoms with van der Waals surface area (Å²) in [4.78, 5) is 24.3. The van der Waals surface area contributed by atoms with Gasteiger partial charge in [0.15, 0.2) is 5.82 Å². The van der Waals surface area contributed by atoms with E-state index in [4.69, 9.17) is 5.73 Å². The maximum Gasteiger partial charge on any atom is 0.323 e. The highest BCUT2D eigenvalue weighted by Gasteiger charge is 2.11. The molecule has 4 N–H and O–H groups in total. The van der Waals surface area contributed by atoms with Crippen LogP contribution in [-0.2, 0) is 0 Å². The Morgan fingerprint density at radius 3 is 2.23 bits per heavy atom. The molecule has 0 radical (unpaired) electrons. The zero-order valence-corrected chi connectivity index (χ0v) is 18.8. The number of hydrogen-bond acceptors (Lipinski definition) is 7. The van der Waals surface area contributed by atoms with Crippen LogP contribution in [0.2, 0.25) is 0 Å². The molecule has 0 bridgehead atoms. The third-order valence-electron chi connectivity index (χ3n) is 4.91. The lowest BCUT2D eigenvalue weighted by molar-refractivity contribution is 0.262. The number of amides is 2. The van der Waals surface area contributed by atoms with E-state index in [0.29, 0.717) is 17.3 Å². The van der Waals surface area contributed by atoms with Gasteiger partial charge in [-0.2, -0.15) is 11.8 Å². The monoisotopic (exact) mass is 452 g/mol. The first-order valence-electron chi connectivity index (χ1n) is 9.90. The van der Waals surface area contributed by atoms with Gasteiger partial charge in [0.2, 0.25) is 0 Å². The Labute approximate surface area is 190 Å². The van der Waals surface area contributed by atoms with Gasteiger partial charge in [-0.1, -0.05) is 0 Å². The first kappa shape index (κ1) is 21.3. The summed E-state index contributed by atoms with van der Waals surface area (Å²) < 4.78 is 0. The highest BCUT2D eigenvalue weighted by Crippen LogP contribution is 2.25. The normalized spacial score (nSPS) is 13.6. The minimum atomic E-state index is -0.292. The van der Waals surface area contributed by atoms with E-state index in [1.807, 2.05) is 54.4 Å². The fourth-order valence-electron chi connectivity index (χ4n) is 3.25. The fourth-order valence-corrected chi connectivity index (χ4v) is 4.57. The van der Waals surface area contributed by atoms with Crippen molar-refractivity contribution in [1.82, 2.24) is 9.97 Å². The van der Waals surface area contributed by atoms with E-state index >= 15 is 0 Å². The number of nitrogens with zero attached hydrogens (tertiary/aromatic N) is 3. The summed E-state index contributed by atoms with van der Waals surface area (Å²) in [5.74, 6) is 3.33. The van der Waals surface area contributed by atoms with Crippen LogP contribution in [0.1, 0.15) is 0 Å². The molecule has 160 valence electrons. The lowest BCUT2D eigenvalue weighted by Gasteiger charge is -2.28. The van der Waals surface area contributed by atoms with Crippen LogP contribution < -0.4 is 21.3 Å². The van der Waals surface area contributed by atoms with Gasteiger partial charge in [-0.25, -0.2) is 14.8 Å². The van der Waals surface area contributed by atoms with Gasteiger partial charge in [-0.3, -0.25) is 0 Å². The molecule has 1 fully saturated rings. The van der Waals surface area contributed by atoms with Crippen molar-refractivity contribution in [3.63, 3.8) is 0 Å². The molecule has 1 aromatic heterocycles. The molecule has 0 unspecified atom stereocenters. The van der Waals surface area contributed by atoms with E-state index in [9.17, 15) is 4.79 Å². The van der Waals surface area contributed by atoms with Gasteiger partial charge in [-0.05, 0) is 54.8 Å². The van der Waals surface area contributed by atoms with Crippen molar-refractivity contribution >= 4 is 52.4 Å². The largest absolute Gasteiger partial charge is 0.383 e. The molecular formula is C22H24N6OS2. The molecule has 1 saturated heterocycles. The van der Waals surface area contributed by atoms with E-state index in [2.05, 4.69) is 37.6 Å². The topological polar surface area (TPSA) is 96.2 Å². The van der Waals surface area contributed by atoms with Crippen LogP contribution in [0.5, 0.6) is 0 Å². The predicted molar refractivity (Wildman–Crippen MR) is 132 cm³/mol. The molecule has 0 aliphatic carbocycles. The second kappa shape index (κ2) is 9.93. The lowest BCUT2D eigenvalue weighted by Crippen LogP contribution is -2.32. The second-order valence-corrected chi connectivity index (χ2v) is 9.02. The van der Waals surface area contributed by atoms with Crippen LogP contribution in [0.15, 0.2) is 59.6 Å². The standard InChI is InChI=1S/C22H24N6OS2/c1-30-19-14-24-21(27-20(19)23)15-2-4-16(5-3-15)25-22(29)26-17-6-8-18(9-7-17)28-10-12-31-13-11-28/h2-9,14H,10-13H2,1H3,(H2,23,24,27)(H2,25,26,29). The number of nitrogen functional groups attached to an aromatic ring is 1. The number of urea groups is 1. The number of carbonyl (C=O) groups is 1. The zero-order valence-electron chi connectivity index (χ0n) is 17.2. The van der Waals surface area contributed by atoms with E-state index in [1.54, 1.807) is 6.20 Å². The summed E-state index contributed by atoms with van der Waals surface area (Å²) in [7, 11) is 0. The van der Waals surface area contributed by atoms with Crippen molar-refractivity contribution in [3.8, 4) is 11.4 Å². The van der Waals surface area contributed by atoms with E-state index in [-0.39, 0.29) is 6.03 Å².